The Morgan fingerprint density at radius 2 is 1.79 bits per heavy atom. The summed E-state index contributed by atoms with van der Waals surface area (Å²) in [5.74, 6) is 1.36. The minimum atomic E-state index is -0.880. The average Bonchev–Trinajstić information content (AvgIpc) is 2.71. The lowest BCUT2D eigenvalue weighted by molar-refractivity contribution is -0.130. The number of carbonyl (C=O) groups excluding carboxylic acids is 2. The first kappa shape index (κ1) is 19.3. The van der Waals surface area contributed by atoms with Gasteiger partial charge >= 0.3 is 0 Å². The van der Waals surface area contributed by atoms with Crippen molar-refractivity contribution in [3.05, 3.63) is 42.0 Å². The van der Waals surface area contributed by atoms with Crippen molar-refractivity contribution in [3.63, 3.8) is 0 Å². The molecule has 0 unspecified atom stereocenters. The molecule has 1 heterocycles. The van der Waals surface area contributed by atoms with E-state index in [0.29, 0.717) is 28.7 Å². The largest absolute Gasteiger partial charge is 0.493 e. The second-order valence-electron chi connectivity index (χ2n) is 6.11. The second kappa shape index (κ2) is 8.51. The van der Waals surface area contributed by atoms with Crippen LogP contribution in [0.2, 0.25) is 0 Å². The van der Waals surface area contributed by atoms with Gasteiger partial charge in [0.2, 0.25) is 11.7 Å². The molecule has 1 atom stereocenters. The van der Waals surface area contributed by atoms with Crippen LogP contribution in [0.25, 0.3) is 0 Å². The van der Waals surface area contributed by atoms with E-state index in [1.807, 2.05) is 0 Å². The summed E-state index contributed by atoms with van der Waals surface area (Å²) in [6, 6.07) is 10.6. The topological polar surface area (TPSA) is 95.1 Å². The van der Waals surface area contributed by atoms with Crippen LogP contribution in [0.1, 0.15) is 12.0 Å². The highest BCUT2D eigenvalue weighted by atomic mass is 16.5. The van der Waals surface area contributed by atoms with Crippen LogP contribution in [-0.2, 0) is 16.1 Å². The quantitative estimate of drug-likeness (QED) is 0.757. The van der Waals surface area contributed by atoms with E-state index in [1.165, 1.54) is 21.3 Å². The van der Waals surface area contributed by atoms with Gasteiger partial charge in [0.25, 0.3) is 5.91 Å². The van der Waals surface area contributed by atoms with Crippen LogP contribution in [0.5, 0.6) is 23.0 Å². The maximum Gasteiger partial charge on any atom is 0.266 e. The van der Waals surface area contributed by atoms with Gasteiger partial charge in [0.15, 0.2) is 17.6 Å². The van der Waals surface area contributed by atoms with Gasteiger partial charge in [-0.2, -0.15) is 0 Å². The van der Waals surface area contributed by atoms with E-state index in [9.17, 15) is 9.59 Å². The molecule has 0 bridgehead atoms. The summed E-state index contributed by atoms with van der Waals surface area (Å²) in [6.45, 7) is 0.237. The van der Waals surface area contributed by atoms with Crippen molar-refractivity contribution in [2.24, 2.45) is 0 Å². The molecule has 8 nitrogen and oxygen atoms in total. The lowest BCUT2D eigenvalue weighted by Gasteiger charge is -2.25. The summed E-state index contributed by atoms with van der Waals surface area (Å²) < 4.78 is 21.5. The molecule has 0 saturated carbocycles. The molecule has 148 valence electrons. The molecule has 2 N–H and O–H groups in total. The number of fused-ring (bicyclic) bond motifs is 1. The number of rotatable bonds is 7. The summed E-state index contributed by atoms with van der Waals surface area (Å²) in [5, 5.41) is 5.52. The van der Waals surface area contributed by atoms with Crippen molar-refractivity contribution in [2.75, 3.05) is 26.6 Å². The standard InChI is InChI=1S/C20H22N2O6/c1-25-15-8-12(9-16(26-2)19(15)27-3)11-21-18(23)10-17-20(24)22-13-6-4-5-7-14(13)28-17/h4-9,17H,10-11H2,1-3H3,(H,21,23)(H,22,24)/t17-/m0/s1. The van der Waals surface area contributed by atoms with Crippen LogP contribution < -0.4 is 29.6 Å². The number of carbonyl (C=O) groups is 2. The molecule has 0 spiro atoms. The van der Waals surface area contributed by atoms with E-state index in [4.69, 9.17) is 18.9 Å². The molecule has 1 aliphatic heterocycles. The SMILES string of the molecule is COc1cc(CNC(=O)C[C@@H]2Oc3ccccc3NC2=O)cc(OC)c1OC. The Bertz CT molecular complexity index is 858. The van der Waals surface area contributed by atoms with Crippen molar-refractivity contribution >= 4 is 17.5 Å². The fraction of sp³-hybridized carbons (Fsp3) is 0.300. The van der Waals surface area contributed by atoms with Gasteiger partial charge in [0.05, 0.1) is 33.4 Å². The lowest BCUT2D eigenvalue weighted by atomic mass is 10.1. The summed E-state index contributed by atoms with van der Waals surface area (Å²) >= 11 is 0. The number of methoxy groups -OCH3 is 3. The Morgan fingerprint density at radius 3 is 2.43 bits per heavy atom. The zero-order chi connectivity index (χ0) is 20.1. The molecular formula is C20H22N2O6. The molecular weight excluding hydrogens is 364 g/mol. The maximum atomic E-state index is 12.3. The van der Waals surface area contributed by atoms with Gasteiger partial charge < -0.3 is 29.6 Å². The zero-order valence-electron chi connectivity index (χ0n) is 15.9. The second-order valence-corrected chi connectivity index (χ2v) is 6.11. The third kappa shape index (κ3) is 4.11. The van der Waals surface area contributed by atoms with E-state index < -0.39 is 6.10 Å². The highest BCUT2D eigenvalue weighted by molar-refractivity contribution is 5.99. The van der Waals surface area contributed by atoms with Crippen LogP contribution in [0.3, 0.4) is 0 Å². The third-order valence-electron chi connectivity index (χ3n) is 4.29. The number of anilines is 1. The van der Waals surface area contributed by atoms with Crippen molar-refractivity contribution < 1.29 is 28.5 Å². The molecule has 8 heteroatoms. The molecule has 0 saturated heterocycles. The molecule has 2 aromatic rings. The fourth-order valence-corrected chi connectivity index (χ4v) is 2.91. The van der Waals surface area contributed by atoms with Crippen LogP contribution in [0.4, 0.5) is 5.69 Å². The van der Waals surface area contributed by atoms with Gasteiger partial charge in [-0.1, -0.05) is 12.1 Å². The number of amides is 2. The summed E-state index contributed by atoms with van der Waals surface area (Å²) in [5.41, 5.74) is 1.36. The summed E-state index contributed by atoms with van der Waals surface area (Å²) in [4.78, 5) is 24.5. The Hall–Kier alpha value is -3.42. The first-order chi connectivity index (χ1) is 13.5. The monoisotopic (exact) mass is 386 g/mol. The molecule has 3 rings (SSSR count). The molecule has 0 aromatic heterocycles. The maximum absolute atomic E-state index is 12.3. The van der Waals surface area contributed by atoms with E-state index >= 15 is 0 Å². The van der Waals surface area contributed by atoms with E-state index in [-0.39, 0.29) is 24.8 Å². The highest BCUT2D eigenvalue weighted by Gasteiger charge is 2.29. The molecule has 28 heavy (non-hydrogen) atoms. The third-order valence-corrected chi connectivity index (χ3v) is 4.29. The smallest absolute Gasteiger partial charge is 0.266 e. The first-order valence-electron chi connectivity index (χ1n) is 8.67. The van der Waals surface area contributed by atoms with Gasteiger partial charge in [-0.05, 0) is 29.8 Å². The minimum Gasteiger partial charge on any atom is -0.493 e. The van der Waals surface area contributed by atoms with Crippen molar-refractivity contribution in [1.82, 2.24) is 5.32 Å². The molecule has 0 radical (unpaired) electrons. The number of nitrogens with one attached hydrogen (secondary N) is 2. The number of para-hydroxylation sites is 2. The molecule has 2 amide bonds. The first-order valence-corrected chi connectivity index (χ1v) is 8.67. The zero-order valence-corrected chi connectivity index (χ0v) is 15.9. The van der Waals surface area contributed by atoms with Gasteiger partial charge in [-0.3, -0.25) is 9.59 Å². The summed E-state index contributed by atoms with van der Waals surface area (Å²) in [7, 11) is 4.57. The number of ether oxygens (including phenoxy) is 4. The molecule has 0 fully saturated rings. The van der Waals surface area contributed by atoms with Crippen LogP contribution >= 0.6 is 0 Å². The average molecular weight is 386 g/mol. The predicted molar refractivity (Wildman–Crippen MR) is 102 cm³/mol. The van der Waals surface area contributed by atoms with Gasteiger partial charge in [-0.25, -0.2) is 0 Å². The van der Waals surface area contributed by atoms with Gasteiger partial charge in [-0.15, -0.1) is 0 Å². The minimum absolute atomic E-state index is 0.0927. The summed E-state index contributed by atoms with van der Waals surface area (Å²) in [6.07, 6.45) is -0.972. The number of hydrogen-bond acceptors (Lipinski definition) is 6. The predicted octanol–water partition coefficient (Wildman–Crippen LogP) is 2.12. The van der Waals surface area contributed by atoms with Crippen LogP contribution in [-0.4, -0.2) is 39.2 Å². The normalized spacial score (nSPS) is 15.0. The van der Waals surface area contributed by atoms with Crippen molar-refractivity contribution in [2.45, 2.75) is 19.1 Å². The highest BCUT2D eigenvalue weighted by Crippen LogP contribution is 2.38. The Balaban J connectivity index is 1.63. The van der Waals surface area contributed by atoms with Gasteiger partial charge in [0, 0.05) is 6.54 Å². The molecule has 2 aromatic carbocycles. The Labute approximate surface area is 162 Å². The van der Waals surface area contributed by atoms with Crippen molar-refractivity contribution in [1.29, 1.82) is 0 Å². The van der Waals surface area contributed by atoms with E-state index in [0.717, 1.165) is 5.56 Å². The Morgan fingerprint density at radius 1 is 1.11 bits per heavy atom. The van der Waals surface area contributed by atoms with E-state index in [2.05, 4.69) is 10.6 Å². The number of benzene rings is 2. The molecule has 0 aliphatic carbocycles. The fourth-order valence-electron chi connectivity index (χ4n) is 2.91. The number of hydrogen-bond donors (Lipinski definition) is 2. The lowest BCUT2D eigenvalue weighted by Crippen LogP contribution is -2.40. The van der Waals surface area contributed by atoms with Crippen LogP contribution in [0.15, 0.2) is 36.4 Å². The van der Waals surface area contributed by atoms with Crippen molar-refractivity contribution in [3.8, 4) is 23.0 Å². The van der Waals surface area contributed by atoms with Crippen LogP contribution in [0, 0.1) is 0 Å². The van der Waals surface area contributed by atoms with E-state index in [1.54, 1.807) is 36.4 Å². The van der Waals surface area contributed by atoms with Gasteiger partial charge in [0.1, 0.15) is 5.75 Å². The Kier molecular flexibility index (Phi) is 5.88. The molecule has 1 aliphatic rings.